The highest BCUT2D eigenvalue weighted by Gasteiger charge is 2.21. The van der Waals surface area contributed by atoms with Crippen LogP contribution in [0.2, 0.25) is 0 Å². The Kier molecular flexibility index (Phi) is 6.58. The van der Waals surface area contributed by atoms with Crippen molar-refractivity contribution in [1.29, 1.82) is 0 Å². The summed E-state index contributed by atoms with van der Waals surface area (Å²) in [6.07, 6.45) is 4.31. The van der Waals surface area contributed by atoms with Crippen molar-refractivity contribution in [3.63, 3.8) is 0 Å². The van der Waals surface area contributed by atoms with Crippen molar-refractivity contribution >= 4 is 60.7 Å². The highest BCUT2D eigenvalue weighted by atomic mass is 16.3. The fourth-order valence-electron chi connectivity index (χ4n) is 7.91. The first-order chi connectivity index (χ1) is 25.2. The van der Waals surface area contributed by atoms with Gasteiger partial charge in [0, 0.05) is 43.7 Å². The maximum absolute atomic E-state index is 6.46. The molecule has 0 amide bonds. The largest absolute Gasteiger partial charge is 0.455 e. The lowest BCUT2D eigenvalue weighted by Crippen LogP contribution is -2.01. The molecule has 4 heteroatoms. The first-order valence-electron chi connectivity index (χ1n) is 17.4. The normalized spacial score (nSPS) is 12.0. The van der Waals surface area contributed by atoms with E-state index >= 15 is 0 Å². The zero-order valence-corrected chi connectivity index (χ0v) is 28.3. The van der Waals surface area contributed by atoms with Crippen LogP contribution in [-0.4, -0.2) is 14.1 Å². The lowest BCUT2D eigenvalue weighted by atomic mass is 10.0. The molecule has 242 valence electrons. The number of allylic oxidation sites excluding steroid dienone is 1. The predicted octanol–water partition coefficient (Wildman–Crippen LogP) is 12.7. The first kappa shape index (κ1) is 29.3. The molecule has 0 N–H and O–H groups in total. The van der Waals surface area contributed by atoms with E-state index in [0.717, 1.165) is 72.6 Å². The topological polar surface area (TPSA) is 35.9 Å². The third-order valence-corrected chi connectivity index (χ3v) is 10.2. The van der Waals surface area contributed by atoms with Crippen LogP contribution in [0.15, 0.2) is 162 Å². The summed E-state index contributed by atoms with van der Waals surface area (Å²) >= 11 is 0. The molecule has 0 fully saturated rings. The minimum Gasteiger partial charge on any atom is -0.455 e. The van der Waals surface area contributed by atoms with E-state index in [0.29, 0.717) is 0 Å². The van der Waals surface area contributed by atoms with Crippen LogP contribution in [-0.2, 0) is 0 Å². The summed E-state index contributed by atoms with van der Waals surface area (Å²) in [6.45, 7) is 4.30. The van der Waals surface area contributed by atoms with Crippen molar-refractivity contribution in [3.8, 4) is 33.9 Å². The average Bonchev–Trinajstić information content (AvgIpc) is 3.81. The Bertz CT molecular complexity index is 2990. The second-order valence-electron chi connectivity index (χ2n) is 13.2. The molecule has 0 unspecified atom stereocenters. The van der Waals surface area contributed by atoms with E-state index in [4.69, 9.17) is 9.40 Å². The first-order valence-corrected chi connectivity index (χ1v) is 17.4. The third kappa shape index (κ3) is 4.50. The molecule has 0 saturated carbocycles. The highest BCUT2D eigenvalue weighted by Crippen LogP contribution is 2.40. The highest BCUT2D eigenvalue weighted by molar-refractivity contribution is 6.14. The minimum absolute atomic E-state index is 0.894. The smallest absolute Gasteiger partial charge is 0.143 e. The number of rotatable bonds is 5. The zero-order valence-electron chi connectivity index (χ0n) is 28.3. The number of hydrogen-bond acceptors (Lipinski definition) is 2. The molecular formula is C47H33N3O. The van der Waals surface area contributed by atoms with Crippen LogP contribution in [0.1, 0.15) is 18.2 Å². The average molecular weight is 656 g/mol. The molecule has 0 aliphatic heterocycles. The fourth-order valence-corrected chi connectivity index (χ4v) is 7.91. The Morgan fingerprint density at radius 2 is 1.27 bits per heavy atom. The van der Waals surface area contributed by atoms with E-state index in [2.05, 4.69) is 169 Å². The minimum atomic E-state index is 0.894. The lowest BCUT2D eigenvalue weighted by Gasteiger charge is -2.12. The van der Waals surface area contributed by atoms with E-state index in [-0.39, 0.29) is 0 Å². The van der Waals surface area contributed by atoms with Gasteiger partial charge in [0.05, 0.1) is 27.9 Å². The van der Waals surface area contributed by atoms with Crippen LogP contribution in [0.5, 0.6) is 0 Å². The maximum Gasteiger partial charge on any atom is 0.143 e. The molecule has 10 rings (SSSR count). The molecule has 0 aliphatic carbocycles. The van der Waals surface area contributed by atoms with Crippen LogP contribution >= 0.6 is 0 Å². The predicted molar refractivity (Wildman–Crippen MR) is 213 cm³/mol. The quantitative estimate of drug-likeness (QED) is 0.185. The van der Waals surface area contributed by atoms with Gasteiger partial charge in [-0.15, -0.1) is 0 Å². The summed E-state index contributed by atoms with van der Waals surface area (Å²) in [7, 11) is 0. The van der Waals surface area contributed by atoms with Crippen LogP contribution in [0.3, 0.4) is 0 Å². The van der Waals surface area contributed by atoms with Gasteiger partial charge < -0.3 is 8.98 Å². The van der Waals surface area contributed by atoms with Crippen molar-refractivity contribution in [2.75, 3.05) is 0 Å². The van der Waals surface area contributed by atoms with Crippen LogP contribution in [0.25, 0.3) is 94.6 Å². The van der Waals surface area contributed by atoms with E-state index in [1.807, 2.05) is 18.2 Å². The Balaban J connectivity index is 1.23. The number of para-hydroxylation sites is 3. The summed E-state index contributed by atoms with van der Waals surface area (Å²) in [5.74, 6) is 0.894. The van der Waals surface area contributed by atoms with Crippen molar-refractivity contribution < 1.29 is 4.42 Å². The summed E-state index contributed by atoms with van der Waals surface area (Å²) in [5, 5.41) is 5.93. The Labute approximate surface area is 295 Å². The summed E-state index contributed by atoms with van der Waals surface area (Å²) in [6, 6.07) is 53.7. The molecule has 0 saturated heterocycles. The number of aryl methyl sites for hydroxylation is 1. The number of benzene rings is 6. The molecule has 0 atom stereocenters. The number of furan rings is 1. The number of pyridine rings is 1. The molecule has 0 bridgehead atoms. The summed E-state index contributed by atoms with van der Waals surface area (Å²) < 4.78 is 11.2. The molecule has 0 radical (unpaired) electrons. The number of aromatic nitrogens is 3. The number of fused-ring (bicyclic) bond motifs is 7. The Morgan fingerprint density at radius 1 is 0.549 bits per heavy atom. The molecule has 10 aromatic rings. The SMILES string of the molecule is C/C=C\c1c(C)c2cc3c4ccccc4n(-c4cccc(-c5cccc6c5oc5ccccc56)c4)c3cc2n1-c1cccc(-c2ccccc2)n1. The van der Waals surface area contributed by atoms with Gasteiger partial charge in [0.25, 0.3) is 0 Å². The van der Waals surface area contributed by atoms with E-state index in [1.54, 1.807) is 0 Å². The zero-order chi connectivity index (χ0) is 34.1. The molecule has 4 nitrogen and oxygen atoms in total. The van der Waals surface area contributed by atoms with E-state index in [1.165, 1.54) is 27.2 Å². The molecule has 51 heavy (non-hydrogen) atoms. The molecule has 0 aliphatic rings. The maximum atomic E-state index is 6.46. The van der Waals surface area contributed by atoms with Crippen molar-refractivity contribution in [2.24, 2.45) is 0 Å². The monoisotopic (exact) mass is 655 g/mol. The molecule has 6 aromatic carbocycles. The van der Waals surface area contributed by atoms with Gasteiger partial charge in [-0.1, -0.05) is 109 Å². The van der Waals surface area contributed by atoms with Gasteiger partial charge in [-0.2, -0.15) is 0 Å². The second-order valence-corrected chi connectivity index (χ2v) is 13.2. The molecule has 0 spiro atoms. The van der Waals surface area contributed by atoms with Crippen LogP contribution in [0.4, 0.5) is 0 Å². The van der Waals surface area contributed by atoms with Gasteiger partial charge in [0.1, 0.15) is 17.0 Å². The Hall–Kier alpha value is -6.65. The fraction of sp³-hybridized carbons (Fsp3) is 0.0426. The molecule has 4 heterocycles. The van der Waals surface area contributed by atoms with Gasteiger partial charge in [-0.05, 0) is 79.6 Å². The number of nitrogens with zero attached hydrogens (tertiary/aromatic N) is 3. The number of hydrogen-bond donors (Lipinski definition) is 0. The Morgan fingerprint density at radius 3 is 2.16 bits per heavy atom. The van der Waals surface area contributed by atoms with Gasteiger partial charge in [-0.25, -0.2) is 4.98 Å². The molecule has 4 aromatic heterocycles. The van der Waals surface area contributed by atoms with Gasteiger partial charge in [0.2, 0.25) is 0 Å². The standard InChI is InChI=1S/C47H33N3O/c1-3-14-41-30(2)38-28-39-35-19-7-9-24-42(35)49(44(39)29-43(38)50(41)46-26-13-23-40(48-46)31-15-5-4-6-16-31)33-18-11-17-32(27-33)34-21-12-22-37-36-20-8-10-25-45(36)51-47(34)37/h3-29H,1-2H3/b14-3-. The third-order valence-electron chi connectivity index (χ3n) is 10.2. The lowest BCUT2D eigenvalue weighted by molar-refractivity contribution is 0.670. The van der Waals surface area contributed by atoms with Crippen molar-refractivity contribution in [3.05, 3.63) is 169 Å². The van der Waals surface area contributed by atoms with Crippen molar-refractivity contribution in [1.82, 2.24) is 14.1 Å². The van der Waals surface area contributed by atoms with E-state index in [9.17, 15) is 0 Å². The van der Waals surface area contributed by atoms with Gasteiger partial charge in [-0.3, -0.25) is 4.57 Å². The van der Waals surface area contributed by atoms with Gasteiger partial charge >= 0.3 is 0 Å². The second kappa shape index (κ2) is 11.5. The summed E-state index contributed by atoms with van der Waals surface area (Å²) in [5.41, 5.74) is 13.0. The van der Waals surface area contributed by atoms with Crippen molar-refractivity contribution in [2.45, 2.75) is 13.8 Å². The van der Waals surface area contributed by atoms with Crippen LogP contribution in [0, 0.1) is 6.92 Å². The summed E-state index contributed by atoms with van der Waals surface area (Å²) in [4.78, 5) is 5.22. The van der Waals surface area contributed by atoms with E-state index < -0.39 is 0 Å². The van der Waals surface area contributed by atoms with Gasteiger partial charge in [0.15, 0.2) is 0 Å². The molecular weight excluding hydrogens is 623 g/mol. The van der Waals surface area contributed by atoms with Crippen LogP contribution < -0.4 is 0 Å².